The number of carbonyl (C=O) groups is 1. The number of phenolic OH excluding ortho intramolecular Hbond substituents is 1. The molecule has 4 rings (SSSR count). The third kappa shape index (κ3) is 5.99. The minimum atomic E-state index is -4.64. The molecule has 39 heavy (non-hydrogen) atoms. The van der Waals surface area contributed by atoms with Crippen LogP contribution in [0.15, 0.2) is 75.8 Å². The summed E-state index contributed by atoms with van der Waals surface area (Å²) >= 11 is 12.4. The van der Waals surface area contributed by atoms with Crippen LogP contribution < -0.4 is 10.1 Å². The molecular formula is C27H23Cl2N3O6S. The van der Waals surface area contributed by atoms with Gasteiger partial charge in [-0.2, -0.15) is 8.42 Å². The molecule has 0 aliphatic rings. The molecule has 0 bridgehead atoms. The monoisotopic (exact) mass is 587 g/mol. The van der Waals surface area contributed by atoms with Crippen molar-refractivity contribution in [2.75, 3.05) is 11.9 Å². The van der Waals surface area contributed by atoms with Crippen LogP contribution in [0, 0.1) is 0 Å². The molecule has 4 aromatic rings. The third-order valence-electron chi connectivity index (χ3n) is 5.78. The third-order valence-corrected chi connectivity index (χ3v) is 7.50. The summed E-state index contributed by atoms with van der Waals surface area (Å²) < 4.78 is 39.1. The molecule has 0 fully saturated rings. The molecule has 0 unspecified atom stereocenters. The number of hydrogen-bond acceptors (Lipinski definition) is 7. The summed E-state index contributed by atoms with van der Waals surface area (Å²) in [5, 5.41) is 23.2. The van der Waals surface area contributed by atoms with E-state index in [-0.39, 0.29) is 22.0 Å². The maximum atomic E-state index is 13.3. The van der Waals surface area contributed by atoms with Gasteiger partial charge in [-0.05, 0) is 54.6 Å². The minimum absolute atomic E-state index is 0.0431. The fourth-order valence-electron chi connectivity index (χ4n) is 3.99. The molecule has 0 saturated carbocycles. The van der Waals surface area contributed by atoms with Crippen LogP contribution in [0.5, 0.6) is 11.5 Å². The molecule has 0 spiro atoms. The van der Waals surface area contributed by atoms with Gasteiger partial charge in [0, 0.05) is 10.4 Å². The average molecular weight is 588 g/mol. The summed E-state index contributed by atoms with van der Waals surface area (Å²) in [7, 11) is -4.64. The molecule has 0 aliphatic heterocycles. The van der Waals surface area contributed by atoms with Gasteiger partial charge < -0.3 is 15.2 Å². The number of ether oxygens (including phenoxy) is 1. The molecule has 4 aromatic carbocycles. The number of aryl methyl sites for hydroxylation is 1. The first kappa shape index (κ1) is 28.3. The predicted octanol–water partition coefficient (Wildman–Crippen LogP) is 7.73. The van der Waals surface area contributed by atoms with Crippen LogP contribution in [0.1, 0.15) is 29.8 Å². The van der Waals surface area contributed by atoms with Crippen molar-refractivity contribution in [2.24, 2.45) is 10.2 Å². The topological polar surface area (TPSA) is 138 Å². The highest BCUT2D eigenvalue weighted by Crippen LogP contribution is 2.41. The van der Waals surface area contributed by atoms with Crippen molar-refractivity contribution in [3.05, 3.63) is 81.8 Å². The first-order chi connectivity index (χ1) is 18.5. The number of phenols is 1. The maximum absolute atomic E-state index is 13.3. The van der Waals surface area contributed by atoms with Crippen LogP contribution in [-0.4, -0.2) is 30.6 Å². The summed E-state index contributed by atoms with van der Waals surface area (Å²) in [6.07, 6.45) is 0.298. The van der Waals surface area contributed by atoms with E-state index in [9.17, 15) is 22.9 Å². The average Bonchev–Trinajstić information content (AvgIpc) is 2.89. The lowest BCUT2D eigenvalue weighted by Crippen LogP contribution is -2.13. The Morgan fingerprint density at radius 3 is 2.46 bits per heavy atom. The van der Waals surface area contributed by atoms with E-state index in [1.165, 1.54) is 24.3 Å². The first-order valence-corrected chi connectivity index (χ1v) is 13.9. The van der Waals surface area contributed by atoms with Gasteiger partial charge in [-0.1, -0.05) is 60.5 Å². The van der Waals surface area contributed by atoms with Gasteiger partial charge in [0.05, 0.1) is 22.9 Å². The maximum Gasteiger partial charge on any atom is 0.296 e. The van der Waals surface area contributed by atoms with Crippen LogP contribution in [0.4, 0.5) is 17.1 Å². The Bertz CT molecular complexity index is 1720. The molecule has 0 aromatic heterocycles. The van der Waals surface area contributed by atoms with Crippen molar-refractivity contribution >= 4 is 67.1 Å². The molecular weight excluding hydrogens is 565 g/mol. The Labute approximate surface area is 234 Å². The molecule has 0 radical (unpaired) electrons. The van der Waals surface area contributed by atoms with Crippen LogP contribution in [-0.2, 0) is 16.5 Å². The van der Waals surface area contributed by atoms with E-state index in [2.05, 4.69) is 15.5 Å². The Hall–Kier alpha value is -3.70. The second kappa shape index (κ2) is 11.6. The van der Waals surface area contributed by atoms with Gasteiger partial charge in [0.25, 0.3) is 16.0 Å². The molecule has 9 nitrogen and oxygen atoms in total. The zero-order chi connectivity index (χ0) is 28.3. The normalized spacial score (nSPS) is 11.7. The van der Waals surface area contributed by atoms with Gasteiger partial charge >= 0.3 is 0 Å². The number of benzene rings is 4. The van der Waals surface area contributed by atoms with Crippen LogP contribution in [0.2, 0.25) is 10.0 Å². The number of rotatable bonds is 8. The number of azo groups is 1. The second-order valence-electron chi connectivity index (χ2n) is 8.29. The number of hydrogen-bond donors (Lipinski definition) is 3. The number of amides is 1. The van der Waals surface area contributed by atoms with E-state index in [0.717, 1.165) is 0 Å². The predicted molar refractivity (Wildman–Crippen MR) is 151 cm³/mol. The molecule has 3 N–H and O–H groups in total. The van der Waals surface area contributed by atoms with Gasteiger partial charge in [-0.3, -0.25) is 9.35 Å². The highest BCUT2D eigenvalue weighted by molar-refractivity contribution is 7.86. The molecule has 12 heteroatoms. The van der Waals surface area contributed by atoms with E-state index >= 15 is 0 Å². The Morgan fingerprint density at radius 1 is 1.03 bits per heavy atom. The van der Waals surface area contributed by atoms with Crippen molar-refractivity contribution in [3.63, 3.8) is 0 Å². The summed E-state index contributed by atoms with van der Waals surface area (Å²) in [4.78, 5) is 12.8. The number of fused-ring (bicyclic) bond motifs is 1. The van der Waals surface area contributed by atoms with Gasteiger partial charge in [0.15, 0.2) is 5.75 Å². The van der Waals surface area contributed by atoms with E-state index in [1.54, 1.807) is 50.2 Å². The number of aromatic hydroxyl groups is 1. The van der Waals surface area contributed by atoms with E-state index < -0.39 is 26.7 Å². The quantitative estimate of drug-likeness (QED) is 0.142. The van der Waals surface area contributed by atoms with Gasteiger partial charge in [0.2, 0.25) is 0 Å². The Morgan fingerprint density at radius 2 is 1.77 bits per heavy atom. The van der Waals surface area contributed by atoms with Crippen molar-refractivity contribution in [2.45, 2.75) is 25.2 Å². The van der Waals surface area contributed by atoms with Crippen LogP contribution in [0.3, 0.4) is 0 Å². The Balaban J connectivity index is 1.82. The van der Waals surface area contributed by atoms with Gasteiger partial charge in [-0.15, -0.1) is 10.2 Å². The summed E-state index contributed by atoms with van der Waals surface area (Å²) in [5.74, 6) is -0.724. The summed E-state index contributed by atoms with van der Waals surface area (Å²) in [6, 6.07) is 16.1. The van der Waals surface area contributed by atoms with E-state index in [4.69, 9.17) is 27.9 Å². The zero-order valence-corrected chi connectivity index (χ0v) is 23.1. The lowest BCUT2D eigenvalue weighted by Gasteiger charge is -2.14. The first-order valence-electron chi connectivity index (χ1n) is 11.7. The van der Waals surface area contributed by atoms with Gasteiger partial charge in [-0.25, -0.2) is 0 Å². The molecule has 202 valence electrons. The lowest BCUT2D eigenvalue weighted by molar-refractivity contribution is 0.102. The molecule has 0 aliphatic carbocycles. The van der Waals surface area contributed by atoms with E-state index in [0.29, 0.717) is 45.8 Å². The SMILES string of the molecule is CCOc1ccc(Cl)cc1NC(=O)c1cc2ccccc2c(N=Nc2ccc(CC)c(S(=O)(=O)O)c2Cl)c1O. The Kier molecular flexibility index (Phi) is 8.41. The lowest BCUT2D eigenvalue weighted by atomic mass is 10.0. The number of nitrogens with one attached hydrogen (secondary N) is 1. The fraction of sp³-hybridized carbons (Fsp3) is 0.148. The number of nitrogens with zero attached hydrogens (tertiary/aromatic N) is 2. The fourth-order valence-corrected chi connectivity index (χ4v) is 5.55. The van der Waals surface area contributed by atoms with Crippen LogP contribution in [0.25, 0.3) is 10.8 Å². The smallest absolute Gasteiger partial charge is 0.296 e. The number of halogens is 2. The molecule has 0 atom stereocenters. The van der Waals surface area contributed by atoms with Crippen molar-refractivity contribution in [1.82, 2.24) is 0 Å². The highest BCUT2D eigenvalue weighted by Gasteiger charge is 2.23. The summed E-state index contributed by atoms with van der Waals surface area (Å²) in [5.41, 5.74) is 0.418. The molecule has 0 saturated heterocycles. The molecule has 0 heterocycles. The van der Waals surface area contributed by atoms with Crippen molar-refractivity contribution in [3.8, 4) is 11.5 Å². The number of anilines is 1. The van der Waals surface area contributed by atoms with Crippen LogP contribution >= 0.6 is 23.2 Å². The second-order valence-corrected chi connectivity index (χ2v) is 10.5. The zero-order valence-electron chi connectivity index (χ0n) is 20.8. The minimum Gasteiger partial charge on any atom is -0.505 e. The van der Waals surface area contributed by atoms with E-state index in [1.807, 2.05) is 0 Å². The van der Waals surface area contributed by atoms with Gasteiger partial charge in [0.1, 0.15) is 22.0 Å². The van der Waals surface area contributed by atoms with Crippen molar-refractivity contribution < 1.29 is 27.6 Å². The highest BCUT2D eigenvalue weighted by atomic mass is 35.5. The summed E-state index contributed by atoms with van der Waals surface area (Å²) in [6.45, 7) is 3.87. The molecule has 1 amide bonds. The standard InChI is InChI=1S/C27H23Cl2N3O6S/c1-3-15-9-11-20(23(29)26(15)39(35,36)37)31-32-24-18-8-6-5-7-16(18)13-19(25(24)33)27(34)30-21-14-17(28)10-12-22(21)38-4-2/h5-14,33H,3-4H2,1-2H3,(H,30,34)(H,35,36,37). The van der Waals surface area contributed by atoms with Crippen molar-refractivity contribution in [1.29, 1.82) is 0 Å². The number of carbonyl (C=O) groups excluding carboxylic acids is 1. The largest absolute Gasteiger partial charge is 0.505 e.